The number of hydrogen-bond acceptors (Lipinski definition) is 3. The standard InChI is InChI=1S/C19H17ClN2O2/c1-11-5-10-16(20)17-14-3-2-4-15(14)19(21-18(11)17)12-6-8-13(9-7-12)22(23)24/h2-3,5-10,14-15,19,21H,4H2,1H3/t14-,15+,19+/m0/s1. The monoisotopic (exact) mass is 340 g/mol. The van der Waals surface area contributed by atoms with Gasteiger partial charge in [-0.2, -0.15) is 0 Å². The highest BCUT2D eigenvalue weighted by Gasteiger charge is 2.39. The van der Waals surface area contributed by atoms with Crippen LogP contribution in [0.2, 0.25) is 5.02 Å². The van der Waals surface area contributed by atoms with Gasteiger partial charge in [-0.15, -0.1) is 0 Å². The molecule has 3 atom stereocenters. The van der Waals surface area contributed by atoms with Crippen molar-refractivity contribution in [3.63, 3.8) is 0 Å². The van der Waals surface area contributed by atoms with Crippen molar-refractivity contribution in [1.29, 1.82) is 0 Å². The second-order valence-corrected chi connectivity index (χ2v) is 6.88. The van der Waals surface area contributed by atoms with Gasteiger partial charge in [0.1, 0.15) is 0 Å². The van der Waals surface area contributed by atoms with Crippen LogP contribution in [0.3, 0.4) is 0 Å². The minimum atomic E-state index is -0.364. The lowest BCUT2D eigenvalue weighted by molar-refractivity contribution is -0.384. The number of aryl methyl sites for hydroxylation is 1. The normalized spacial score (nSPS) is 24.2. The molecule has 0 spiro atoms. The number of nitrogens with zero attached hydrogens (tertiary/aromatic N) is 1. The average molecular weight is 341 g/mol. The van der Waals surface area contributed by atoms with E-state index in [0.717, 1.165) is 22.7 Å². The van der Waals surface area contributed by atoms with Crippen LogP contribution in [0.1, 0.15) is 35.1 Å². The van der Waals surface area contributed by atoms with Crippen molar-refractivity contribution in [2.75, 3.05) is 5.32 Å². The van der Waals surface area contributed by atoms with E-state index in [1.165, 1.54) is 11.1 Å². The maximum Gasteiger partial charge on any atom is 0.269 e. The van der Waals surface area contributed by atoms with Crippen LogP contribution in [-0.4, -0.2) is 4.92 Å². The fourth-order valence-electron chi connectivity index (χ4n) is 3.94. The zero-order chi connectivity index (χ0) is 16.8. The summed E-state index contributed by atoms with van der Waals surface area (Å²) in [6, 6.07) is 11.0. The summed E-state index contributed by atoms with van der Waals surface area (Å²) in [6.07, 6.45) is 5.43. The molecule has 2 aromatic carbocycles. The van der Waals surface area contributed by atoms with Crippen molar-refractivity contribution in [1.82, 2.24) is 0 Å². The van der Waals surface area contributed by atoms with Crippen LogP contribution in [-0.2, 0) is 0 Å². The highest BCUT2D eigenvalue weighted by atomic mass is 35.5. The highest BCUT2D eigenvalue weighted by molar-refractivity contribution is 6.32. The van der Waals surface area contributed by atoms with Crippen LogP contribution >= 0.6 is 11.6 Å². The molecule has 0 saturated carbocycles. The van der Waals surface area contributed by atoms with E-state index in [-0.39, 0.29) is 22.6 Å². The van der Waals surface area contributed by atoms with E-state index < -0.39 is 0 Å². The Morgan fingerprint density at radius 2 is 1.96 bits per heavy atom. The van der Waals surface area contributed by atoms with E-state index in [1.54, 1.807) is 12.1 Å². The molecule has 1 aliphatic heterocycles. The quantitative estimate of drug-likeness (QED) is 0.453. The first-order chi connectivity index (χ1) is 11.6. The van der Waals surface area contributed by atoms with Gasteiger partial charge in [0, 0.05) is 34.3 Å². The Labute approximate surface area is 145 Å². The Balaban J connectivity index is 1.78. The van der Waals surface area contributed by atoms with Gasteiger partial charge in [0.05, 0.1) is 11.0 Å². The van der Waals surface area contributed by atoms with Gasteiger partial charge in [0.15, 0.2) is 0 Å². The minimum Gasteiger partial charge on any atom is -0.377 e. The molecule has 0 unspecified atom stereocenters. The van der Waals surface area contributed by atoms with Crippen molar-refractivity contribution in [3.05, 3.63) is 80.4 Å². The number of fused-ring (bicyclic) bond motifs is 3. The van der Waals surface area contributed by atoms with E-state index in [1.807, 2.05) is 24.3 Å². The van der Waals surface area contributed by atoms with Crippen LogP contribution < -0.4 is 5.32 Å². The number of nitro groups is 1. The molecule has 2 aliphatic rings. The fraction of sp³-hybridized carbons (Fsp3) is 0.263. The second kappa shape index (κ2) is 5.64. The summed E-state index contributed by atoms with van der Waals surface area (Å²) < 4.78 is 0. The van der Waals surface area contributed by atoms with Crippen molar-refractivity contribution >= 4 is 23.0 Å². The summed E-state index contributed by atoms with van der Waals surface area (Å²) in [5.74, 6) is 0.659. The molecule has 1 heterocycles. The fourth-order valence-corrected chi connectivity index (χ4v) is 4.23. The smallest absolute Gasteiger partial charge is 0.269 e. The number of halogens is 1. The number of anilines is 1. The third-order valence-corrected chi connectivity index (χ3v) is 5.47. The zero-order valence-electron chi connectivity index (χ0n) is 13.2. The number of nitrogens with one attached hydrogen (secondary N) is 1. The summed E-state index contributed by atoms with van der Waals surface area (Å²) in [4.78, 5) is 10.5. The average Bonchev–Trinajstić information content (AvgIpc) is 3.07. The lowest BCUT2D eigenvalue weighted by Gasteiger charge is -2.38. The van der Waals surface area contributed by atoms with Crippen LogP contribution in [0.4, 0.5) is 11.4 Å². The Morgan fingerprint density at radius 1 is 1.21 bits per heavy atom. The van der Waals surface area contributed by atoms with Gasteiger partial charge in [-0.1, -0.05) is 42.0 Å². The predicted octanol–water partition coefficient (Wildman–Crippen LogP) is 5.38. The molecule has 4 rings (SSSR count). The molecule has 5 heteroatoms. The molecular formula is C19H17ClN2O2. The number of benzene rings is 2. The molecule has 0 radical (unpaired) electrons. The minimum absolute atomic E-state index is 0.121. The zero-order valence-corrected chi connectivity index (χ0v) is 14.0. The van der Waals surface area contributed by atoms with Gasteiger partial charge in [-0.05, 0) is 36.5 Å². The first-order valence-corrected chi connectivity index (χ1v) is 8.40. The van der Waals surface area contributed by atoms with E-state index in [2.05, 4.69) is 24.4 Å². The van der Waals surface area contributed by atoms with E-state index in [9.17, 15) is 10.1 Å². The van der Waals surface area contributed by atoms with Crippen molar-refractivity contribution in [3.8, 4) is 0 Å². The van der Waals surface area contributed by atoms with Gasteiger partial charge < -0.3 is 5.32 Å². The molecule has 122 valence electrons. The summed E-state index contributed by atoms with van der Waals surface area (Å²) in [5.41, 5.74) is 4.63. The number of rotatable bonds is 2. The molecule has 4 nitrogen and oxygen atoms in total. The first-order valence-electron chi connectivity index (χ1n) is 8.03. The molecule has 1 N–H and O–H groups in total. The molecule has 0 bridgehead atoms. The third kappa shape index (κ3) is 2.29. The van der Waals surface area contributed by atoms with E-state index >= 15 is 0 Å². The van der Waals surface area contributed by atoms with E-state index in [4.69, 9.17) is 11.6 Å². The van der Waals surface area contributed by atoms with Crippen molar-refractivity contribution in [2.45, 2.75) is 25.3 Å². The summed E-state index contributed by atoms with van der Waals surface area (Å²) in [5, 5.41) is 15.3. The van der Waals surface area contributed by atoms with Crippen LogP contribution in [0, 0.1) is 23.0 Å². The van der Waals surface area contributed by atoms with Gasteiger partial charge in [-0.3, -0.25) is 10.1 Å². The third-order valence-electron chi connectivity index (χ3n) is 5.14. The van der Waals surface area contributed by atoms with E-state index in [0.29, 0.717) is 5.92 Å². The number of hydrogen-bond donors (Lipinski definition) is 1. The van der Waals surface area contributed by atoms with Gasteiger partial charge in [-0.25, -0.2) is 0 Å². The van der Waals surface area contributed by atoms with Crippen LogP contribution in [0.15, 0.2) is 48.6 Å². The van der Waals surface area contributed by atoms with Gasteiger partial charge in [0.2, 0.25) is 0 Å². The molecule has 24 heavy (non-hydrogen) atoms. The van der Waals surface area contributed by atoms with Crippen LogP contribution in [0.5, 0.6) is 0 Å². The molecule has 0 saturated heterocycles. The Hall–Kier alpha value is -2.33. The van der Waals surface area contributed by atoms with Crippen molar-refractivity contribution in [2.24, 2.45) is 5.92 Å². The largest absolute Gasteiger partial charge is 0.377 e. The molecule has 0 fully saturated rings. The maximum absolute atomic E-state index is 10.9. The first kappa shape index (κ1) is 15.2. The summed E-state index contributed by atoms with van der Waals surface area (Å²) >= 11 is 6.48. The molecule has 0 aromatic heterocycles. The summed E-state index contributed by atoms with van der Waals surface area (Å²) in [7, 11) is 0. The Morgan fingerprint density at radius 3 is 2.67 bits per heavy atom. The second-order valence-electron chi connectivity index (χ2n) is 6.48. The lowest BCUT2D eigenvalue weighted by Crippen LogP contribution is -2.29. The highest BCUT2D eigenvalue weighted by Crippen LogP contribution is 2.52. The molecular weight excluding hydrogens is 324 g/mol. The SMILES string of the molecule is Cc1ccc(Cl)c2c1N[C@H](c1ccc([N+](=O)[O-])cc1)[C@@H]1CC=C[C@H]21. The number of nitro benzene ring substituents is 1. The molecule has 1 aliphatic carbocycles. The Bertz CT molecular complexity index is 845. The maximum atomic E-state index is 10.9. The summed E-state index contributed by atoms with van der Waals surface area (Å²) in [6.45, 7) is 2.08. The van der Waals surface area contributed by atoms with Crippen molar-refractivity contribution < 1.29 is 4.92 Å². The van der Waals surface area contributed by atoms with Crippen LogP contribution in [0.25, 0.3) is 0 Å². The van der Waals surface area contributed by atoms with Gasteiger partial charge >= 0.3 is 0 Å². The molecule has 2 aromatic rings. The lowest BCUT2D eigenvalue weighted by atomic mass is 9.76. The number of non-ortho nitro benzene ring substituents is 1. The van der Waals surface area contributed by atoms with Gasteiger partial charge in [0.25, 0.3) is 5.69 Å². The molecule has 0 amide bonds. The topological polar surface area (TPSA) is 55.2 Å². The number of allylic oxidation sites excluding steroid dienone is 2. The predicted molar refractivity (Wildman–Crippen MR) is 95.6 cm³/mol. The Kier molecular flexibility index (Phi) is 3.57.